The van der Waals surface area contributed by atoms with E-state index < -0.39 is 9.84 Å². The van der Waals surface area contributed by atoms with Crippen molar-refractivity contribution in [3.8, 4) is 0 Å². The molecule has 5 nitrogen and oxygen atoms in total. The molecule has 1 aliphatic carbocycles. The van der Waals surface area contributed by atoms with Crippen LogP contribution in [0.15, 0.2) is 36.7 Å². The van der Waals surface area contributed by atoms with E-state index in [9.17, 15) is 8.42 Å². The molecule has 0 amide bonds. The third-order valence-electron chi connectivity index (χ3n) is 5.25. The Bertz CT molecular complexity index is 1060. The number of fused-ring (bicyclic) bond motifs is 3. The van der Waals surface area contributed by atoms with E-state index in [4.69, 9.17) is 0 Å². The van der Waals surface area contributed by atoms with E-state index in [2.05, 4.69) is 22.2 Å². The number of thiophene rings is 1. The van der Waals surface area contributed by atoms with Gasteiger partial charge in [0.15, 0.2) is 9.84 Å². The zero-order valence-corrected chi connectivity index (χ0v) is 17.7. The van der Waals surface area contributed by atoms with Crippen LogP contribution in [0.1, 0.15) is 35.8 Å². The first kappa shape index (κ1) is 19.3. The molecule has 0 saturated carbocycles. The van der Waals surface area contributed by atoms with Crippen LogP contribution in [-0.2, 0) is 28.4 Å². The summed E-state index contributed by atoms with van der Waals surface area (Å²) in [7, 11) is -3.11. The summed E-state index contributed by atoms with van der Waals surface area (Å²) in [5.41, 5.74) is 2.23. The van der Waals surface area contributed by atoms with Gasteiger partial charge >= 0.3 is 0 Å². The molecule has 0 unspecified atom stereocenters. The van der Waals surface area contributed by atoms with Gasteiger partial charge in [0.1, 0.15) is 17.0 Å². The van der Waals surface area contributed by atoms with Gasteiger partial charge in [-0.15, -0.1) is 11.3 Å². The van der Waals surface area contributed by atoms with Crippen molar-refractivity contribution in [2.45, 2.75) is 38.4 Å². The summed E-state index contributed by atoms with van der Waals surface area (Å²) in [5.74, 6) is 1.83. The molecule has 1 atom stereocenters. The normalized spacial score (nSPS) is 16.8. The lowest BCUT2D eigenvalue weighted by Gasteiger charge is -2.18. The first-order valence-electron chi connectivity index (χ1n) is 9.75. The minimum absolute atomic E-state index is 0.0990. The highest BCUT2D eigenvalue weighted by molar-refractivity contribution is 7.90. The summed E-state index contributed by atoms with van der Waals surface area (Å²) in [6, 6.07) is 9.35. The van der Waals surface area contributed by atoms with E-state index in [1.165, 1.54) is 16.9 Å². The molecule has 2 aromatic heterocycles. The molecule has 1 N–H and O–H groups in total. The molecule has 0 spiro atoms. The van der Waals surface area contributed by atoms with Crippen LogP contribution in [0.25, 0.3) is 10.2 Å². The van der Waals surface area contributed by atoms with Gasteiger partial charge < -0.3 is 5.32 Å². The predicted octanol–water partition coefficient (Wildman–Crippen LogP) is 4.23. The Kier molecular flexibility index (Phi) is 5.64. The Morgan fingerprint density at radius 1 is 1.21 bits per heavy atom. The first-order chi connectivity index (χ1) is 13.5. The van der Waals surface area contributed by atoms with Gasteiger partial charge in [0.25, 0.3) is 0 Å². The van der Waals surface area contributed by atoms with Crippen molar-refractivity contribution in [3.63, 3.8) is 0 Å². The van der Waals surface area contributed by atoms with Crippen LogP contribution in [-0.4, -0.2) is 30.7 Å². The van der Waals surface area contributed by atoms with Gasteiger partial charge in [0.05, 0.1) is 16.9 Å². The highest BCUT2D eigenvalue weighted by Crippen LogP contribution is 2.39. The fourth-order valence-corrected chi connectivity index (χ4v) is 6.59. The molecular formula is C21H25N3O2S2. The van der Waals surface area contributed by atoms with Gasteiger partial charge in [-0.2, -0.15) is 0 Å². The molecule has 148 valence electrons. The van der Waals surface area contributed by atoms with Crippen molar-refractivity contribution in [3.05, 3.63) is 52.7 Å². The second-order valence-corrected chi connectivity index (χ2v) is 10.9. The number of anilines is 1. The summed E-state index contributed by atoms with van der Waals surface area (Å²) in [4.78, 5) is 11.4. The largest absolute Gasteiger partial charge is 0.369 e. The molecule has 3 aromatic rings. The number of benzene rings is 1. The summed E-state index contributed by atoms with van der Waals surface area (Å²) in [6.07, 6.45) is 5.55. The number of aryl methyl sites for hydroxylation is 1. The molecule has 0 radical (unpaired) electrons. The minimum atomic E-state index is -3.11. The van der Waals surface area contributed by atoms with Crippen LogP contribution in [0.2, 0.25) is 0 Å². The Morgan fingerprint density at radius 3 is 2.86 bits per heavy atom. The molecule has 0 aliphatic heterocycles. The lowest BCUT2D eigenvalue weighted by Crippen LogP contribution is -2.14. The van der Waals surface area contributed by atoms with E-state index in [0.29, 0.717) is 13.0 Å². The van der Waals surface area contributed by atoms with E-state index in [1.807, 2.05) is 30.3 Å². The summed E-state index contributed by atoms with van der Waals surface area (Å²) in [5, 5.41) is 4.50. The number of sulfone groups is 1. The molecule has 7 heteroatoms. The van der Waals surface area contributed by atoms with Crippen LogP contribution >= 0.6 is 11.3 Å². The SMILES string of the molecule is C[C@@H]1CCc2c(sc3ncnc(NCCCS(=O)(=O)Cc4ccccc4)c23)C1. The Morgan fingerprint density at radius 2 is 2.04 bits per heavy atom. The monoisotopic (exact) mass is 415 g/mol. The number of aromatic nitrogens is 2. The summed E-state index contributed by atoms with van der Waals surface area (Å²) in [6.45, 7) is 2.88. The van der Waals surface area contributed by atoms with Gasteiger partial charge in [0.2, 0.25) is 0 Å². The van der Waals surface area contributed by atoms with Crippen molar-refractivity contribution in [1.82, 2.24) is 9.97 Å². The third kappa shape index (κ3) is 4.36. The van der Waals surface area contributed by atoms with Crippen molar-refractivity contribution in [2.24, 2.45) is 5.92 Å². The maximum absolute atomic E-state index is 12.4. The van der Waals surface area contributed by atoms with Crippen LogP contribution in [0.5, 0.6) is 0 Å². The highest BCUT2D eigenvalue weighted by Gasteiger charge is 2.23. The quantitative estimate of drug-likeness (QED) is 0.585. The minimum Gasteiger partial charge on any atom is -0.369 e. The third-order valence-corrected chi connectivity index (χ3v) is 8.09. The number of nitrogens with zero attached hydrogens (tertiary/aromatic N) is 2. The lowest BCUT2D eigenvalue weighted by atomic mass is 9.89. The first-order valence-corrected chi connectivity index (χ1v) is 12.4. The maximum Gasteiger partial charge on any atom is 0.154 e. The second-order valence-electron chi connectivity index (χ2n) is 7.61. The molecule has 28 heavy (non-hydrogen) atoms. The highest BCUT2D eigenvalue weighted by atomic mass is 32.2. The van der Waals surface area contributed by atoms with Gasteiger partial charge in [0, 0.05) is 11.4 Å². The molecule has 0 bridgehead atoms. The second kappa shape index (κ2) is 8.17. The molecule has 1 aromatic carbocycles. The number of nitrogens with one attached hydrogen (secondary N) is 1. The molecule has 0 fully saturated rings. The average Bonchev–Trinajstić information content (AvgIpc) is 3.03. The van der Waals surface area contributed by atoms with Crippen LogP contribution in [0.4, 0.5) is 5.82 Å². The molecule has 4 rings (SSSR count). The number of hydrogen-bond donors (Lipinski definition) is 1. The summed E-state index contributed by atoms with van der Waals surface area (Å²) >= 11 is 1.78. The van der Waals surface area contributed by atoms with Crippen molar-refractivity contribution in [1.29, 1.82) is 0 Å². The van der Waals surface area contributed by atoms with Crippen molar-refractivity contribution >= 4 is 37.2 Å². The van der Waals surface area contributed by atoms with E-state index in [1.54, 1.807) is 17.7 Å². The van der Waals surface area contributed by atoms with Crippen molar-refractivity contribution < 1.29 is 8.42 Å². The predicted molar refractivity (Wildman–Crippen MR) is 116 cm³/mol. The molecule has 2 heterocycles. The Labute approximate surface area is 170 Å². The van der Waals surface area contributed by atoms with Gasteiger partial charge in [-0.3, -0.25) is 0 Å². The fraction of sp³-hybridized carbons (Fsp3) is 0.429. The number of rotatable bonds is 7. The van der Waals surface area contributed by atoms with E-state index in [0.717, 1.165) is 40.4 Å². The zero-order chi connectivity index (χ0) is 19.6. The lowest BCUT2D eigenvalue weighted by molar-refractivity contribution is 0.509. The molecular weight excluding hydrogens is 390 g/mol. The van der Waals surface area contributed by atoms with Crippen molar-refractivity contribution in [2.75, 3.05) is 17.6 Å². The zero-order valence-electron chi connectivity index (χ0n) is 16.0. The Balaban J connectivity index is 1.40. The van der Waals surface area contributed by atoms with Crippen LogP contribution < -0.4 is 5.32 Å². The fourth-order valence-electron chi connectivity index (χ4n) is 3.81. The van der Waals surface area contributed by atoms with Gasteiger partial charge in [-0.05, 0) is 42.7 Å². The number of hydrogen-bond acceptors (Lipinski definition) is 6. The smallest absolute Gasteiger partial charge is 0.154 e. The molecule has 1 aliphatic rings. The topological polar surface area (TPSA) is 72.0 Å². The average molecular weight is 416 g/mol. The van der Waals surface area contributed by atoms with E-state index >= 15 is 0 Å². The van der Waals surface area contributed by atoms with Crippen LogP contribution in [0.3, 0.4) is 0 Å². The standard InChI is InChI=1S/C21H25N3O2S2/c1-15-8-9-17-18(12-15)27-21-19(17)20(23-14-24-21)22-10-5-11-28(25,26)13-16-6-3-2-4-7-16/h2-4,6-7,14-15H,5,8-13H2,1H3,(H,22,23,24)/t15-/m1/s1. The maximum atomic E-state index is 12.4. The van der Waals surface area contributed by atoms with E-state index in [-0.39, 0.29) is 11.5 Å². The van der Waals surface area contributed by atoms with Gasteiger partial charge in [-0.1, -0.05) is 37.3 Å². The van der Waals surface area contributed by atoms with Gasteiger partial charge in [-0.25, -0.2) is 18.4 Å². The molecule has 0 saturated heterocycles. The summed E-state index contributed by atoms with van der Waals surface area (Å²) < 4.78 is 24.7. The van der Waals surface area contributed by atoms with Crippen LogP contribution in [0, 0.1) is 5.92 Å². The Hall–Kier alpha value is -1.99.